The molecule has 1 nitrogen and oxygen atoms in total. The van der Waals surface area contributed by atoms with Gasteiger partial charge in [-0.15, -0.1) is 23.2 Å². The van der Waals surface area contributed by atoms with Crippen molar-refractivity contribution in [1.82, 2.24) is 0 Å². The van der Waals surface area contributed by atoms with Gasteiger partial charge in [0.1, 0.15) is 4.84 Å². The van der Waals surface area contributed by atoms with Crippen molar-refractivity contribution in [2.45, 2.75) is 25.1 Å². The normalized spacial score (nSPS) is 32.2. The van der Waals surface area contributed by atoms with Crippen molar-refractivity contribution >= 4 is 40.0 Å². The van der Waals surface area contributed by atoms with Crippen LogP contribution in [0.4, 0.5) is 0 Å². The lowest BCUT2D eigenvalue weighted by Gasteiger charge is -2.01. The van der Waals surface area contributed by atoms with Crippen LogP contribution in [0.2, 0.25) is 0 Å². The van der Waals surface area contributed by atoms with Crippen LogP contribution < -0.4 is 0 Å². The Labute approximate surface area is 87.4 Å². The van der Waals surface area contributed by atoms with Crippen molar-refractivity contribution in [3.63, 3.8) is 0 Å². The molecule has 0 amide bonds. The molecule has 0 unspecified atom stereocenters. The first-order chi connectivity index (χ1) is 5.37. The topological polar surface area (TPSA) is 17.1 Å². The van der Waals surface area contributed by atoms with Crippen LogP contribution in [-0.4, -0.2) is 10.1 Å². The summed E-state index contributed by atoms with van der Waals surface area (Å²) in [5.74, 6) is 0.196. The monoisotopic (exact) mass is 228 g/mol. The van der Waals surface area contributed by atoms with Gasteiger partial charge < -0.3 is 0 Å². The molecule has 0 spiro atoms. The molecule has 1 aliphatic rings. The third-order valence-electron chi connectivity index (χ3n) is 2.73. The molecule has 0 radical (unpaired) electrons. The number of carbonyl (C=O) groups excluding carboxylic acids is 1. The Morgan fingerprint density at radius 1 is 1.50 bits per heavy atom. The first kappa shape index (κ1) is 10.6. The van der Waals surface area contributed by atoms with Gasteiger partial charge in [0.25, 0.3) is 0 Å². The lowest BCUT2D eigenvalue weighted by Crippen LogP contribution is -1.96. The number of alkyl halides is 2. The fourth-order valence-corrected chi connectivity index (χ4v) is 2.64. The van der Waals surface area contributed by atoms with Gasteiger partial charge in [-0.25, -0.2) is 0 Å². The average molecular weight is 230 g/mol. The van der Waals surface area contributed by atoms with E-state index in [9.17, 15) is 4.79 Å². The van der Waals surface area contributed by atoms with Gasteiger partial charge in [-0.05, 0) is 29.4 Å². The lowest BCUT2D eigenvalue weighted by molar-refractivity contribution is -0.113. The summed E-state index contributed by atoms with van der Waals surface area (Å²) in [7, 11) is 0. The predicted molar refractivity (Wildman–Crippen MR) is 51.7 cm³/mol. The third-order valence-corrected chi connectivity index (χ3v) is 3.32. The van der Waals surface area contributed by atoms with Gasteiger partial charge in [-0.1, -0.05) is 13.8 Å². The summed E-state index contributed by atoms with van der Waals surface area (Å²) in [6, 6.07) is 0. The molecule has 12 heavy (non-hydrogen) atoms. The minimum Gasteiger partial charge on any atom is -0.281 e. The van der Waals surface area contributed by atoms with Crippen LogP contribution in [0.15, 0.2) is 0 Å². The van der Waals surface area contributed by atoms with Crippen molar-refractivity contribution in [3.8, 4) is 0 Å². The molecule has 0 heterocycles. The Kier molecular flexibility index (Phi) is 2.97. The van der Waals surface area contributed by atoms with E-state index < -0.39 is 4.84 Å². The zero-order chi connectivity index (χ0) is 9.52. The van der Waals surface area contributed by atoms with Gasteiger partial charge in [0, 0.05) is 5.92 Å². The molecule has 0 saturated heterocycles. The Morgan fingerprint density at radius 3 is 2.25 bits per heavy atom. The second-order valence-electron chi connectivity index (χ2n) is 3.84. The first-order valence-electron chi connectivity index (χ1n) is 3.85. The zero-order valence-electron chi connectivity index (χ0n) is 6.98. The Balaban J connectivity index is 2.54. The fourth-order valence-electron chi connectivity index (χ4n) is 1.83. The number of rotatable bonds is 3. The minimum atomic E-state index is -0.393. The molecule has 70 valence electrons. The van der Waals surface area contributed by atoms with Crippen molar-refractivity contribution in [2.75, 3.05) is 0 Å². The molecular weight excluding hydrogens is 218 g/mol. The van der Waals surface area contributed by atoms with E-state index in [4.69, 9.17) is 34.8 Å². The van der Waals surface area contributed by atoms with Crippen molar-refractivity contribution in [2.24, 2.45) is 17.3 Å². The van der Waals surface area contributed by atoms with Gasteiger partial charge in [0.15, 0.2) is 0 Å². The summed E-state index contributed by atoms with van der Waals surface area (Å²) in [5, 5.41) is -0.265. The highest BCUT2D eigenvalue weighted by Crippen LogP contribution is 2.61. The van der Waals surface area contributed by atoms with Gasteiger partial charge in [-0.2, -0.15) is 0 Å². The van der Waals surface area contributed by atoms with E-state index in [1.807, 2.05) is 13.8 Å². The second kappa shape index (κ2) is 3.36. The van der Waals surface area contributed by atoms with Crippen LogP contribution in [0.3, 0.4) is 0 Å². The summed E-state index contributed by atoms with van der Waals surface area (Å²) >= 11 is 16.7. The van der Waals surface area contributed by atoms with Crippen LogP contribution >= 0.6 is 34.8 Å². The molecule has 0 aromatic rings. The number of hydrogen-bond donors (Lipinski definition) is 0. The average Bonchev–Trinajstić information content (AvgIpc) is 2.32. The molecule has 0 aliphatic heterocycles. The van der Waals surface area contributed by atoms with E-state index in [0.29, 0.717) is 6.42 Å². The molecule has 4 heteroatoms. The van der Waals surface area contributed by atoms with Crippen LogP contribution in [0, 0.1) is 17.3 Å². The fraction of sp³-hybridized carbons (Fsp3) is 0.875. The highest BCUT2D eigenvalue weighted by Gasteiger charge is 2.60. The van der Waals surface area contributed by atoms with Crippen LogP contribution in [0.5, 0.6) is 0 Å². The summed E-state index contributed by atoms with van der Waals surface area (Å²) in [6.45, 7) is 4.03. The predicted octanol–water partition coefficient (Wildman–Crippen LogP) is 3.22. The molecule has 1 aliphatic carbocycles. The maximum atomic E-state index is 10.9. The van der Waals surface area contributed by atoms with E-state index >= 15 is 0 Å². The van der Waals surface area contributed by atoms with Gasteiger partial charge >= 0.3 is 0 Å². The molecule has 1 fully saturated rings. The summed E-state index contributed by atoms with van der Waals surface area (Å²) < 4.78 is 0. The Hall–Kier alpha value is 0.540. The van der Waals surface area contributed by atoms with E-state index in [1.165, 1.54) is 0 Å². The number of hydrogen-bond acceptors (Lipinski definition) is 1. The zero-order valence-corrected chi connectivity index (χ0v) is 9.25. The Bertz CT molecular complexity index is 200. The van der Waals surface area contributed by atoms with Crippen molar-refractivity contribution in [3.05, 3.63) is 0 Å². The van der Waals surface area contributed by atoms with Gasteiger partial charge in [-0.3, -0.25) is 4.79 Å². The number of carbonyl (C=O) groups is 1. The number of halogens is 3. The standard InChI is InChI=1S/C8H11Cl3O/c1-8(2)4(3-5(9)10)6(8)7(11)12/h4-6H,3H2,1-2H3/t4-,6-/m1/s1. The van der Waals surface area contributed by atoms with Crippen molar-refractivity contribution in [1.29, 1.82) is 0 Å². The molecule has 1 saturated carbocycles. The first-order valence-corrected chi connectivity index (χ1v) is 5.10. The van der Waals surface area contributed by atoms with Crippen LogP contribution in [0.1, 0.15) is 20.3 Å². The highest BCUT2D eigenvalue weighted by atomic mass is 35.5. The summed E-state index contributed by atoms with van der Waals surface area (Å²) in [5.41, 5.74) is -0.0130. The lowest BCUT2D eigenvalue weighted by atomic mass is 10.1. The van der Waals surface area contributed by atoms with E-state index in [1.54, 1.807) is 0 Å². The molecule has 0 aromatic heterocycles. The molecule has 1 rings (SSSR count). The van der Waals surface area contributed by atoms with E-state index in [-0.39, 0.29) is 22.5 Å². The summed E-state index contributed by atoms with van der Waals surface area (Å²) in [6.07, 6.45) is 0.652. The third kappa shape index (κ3) is 1.89. The maximum absolute atomic E-state index is 10.9. The molecular formula is C8H11Cl3O. The van der Waals surface area contributed by atoms with Crippen LogP contribution in [0.25, 0.3) is 0 Å². The quantitative estimate of drug-likeness (QED) is 0.536. The smallest absolute Gasteiger partial charge is 0.225 e. The van der Waals surface area contributed by atoms with Gasteiger partial charge in [0.2, 0.25) is 5.24 Å². The highest BCUT2D eigenvalue weighted by molar-refractivity contribution is 6.64. The van der Waals surface area contributed by atoms with Crippen molar-refractivity contribution < 1.29 is 4.79 Å². The Morgan fingerprint density at radius 2 is 2.00 bits per heavy atom. The maximum Gasteiger partial charge on any atom is 0.225 e. The SMILES string of the molecule is CC1(C)[C@H](CC(Cl)Cl)[C@@H]1C(=O)Cl. The minimum absolute atomic E-state index is 0.0130. The largest absolute Gasteiger partial charge is 0.281 e. The van der Waals surface area contributed by atoms with E-state index in [0.717, 1.165) is 0 Å². The molecule has 0 N–H and O–H groups in total. The van der Waals surface area contributed by atoms with E-state index in [2.05, 4.69) is 0 Å². The van der Waals surface area contributed by atoms with Gasteiger partial charge in [0.05, 0.1) is 0 Å². The second-order valence-corrected chi connectivity index (χ2v) is 5.49. The summed E-state index contributed by atoms with van der Waals surface area (Å²) in [4.78, 5) is 10.5. The molecule has 0 aromatic carbocycles. The molecule has 0 bridgehead atoms. The molecule has 2 atom stereocenters. The van der Waals surface area contributed by atoms with Crippen LogP contribution in [-0.2, 0) is 4.79 Å².